The van der Waals surface area contributed by atoms with E-state index >= 15 is 0 Å². The first-order chi connectivity index (χ1) is 7.24. The first-order valence-corrected chi connectivity index (χ1v) is 6.72. The second kappa shape index (κ2) is 6.75. The molecule has 0 bridgehead atoms. The van der Waals surface area contributed by atoms with Crippen molar-refractivity contribution in [3.63, 3.8) is 0 Å². The van der Waals surface area contributed by atoms with Crippen molar-refractivity contribution in [1.29, 1.82) is 0 Å². The predicted octanol–water partition coefficient (Wildman–Crippen LogP) is 2.18. The van der Waals surface area contributed by atoms with Crippen LogP contribution in [0.25, 0.3) is 0 Å². The van der Waals surface area contributed by atoms with Crippen LogP contribution in [0.15, 0.2) is 35.2 Å². The van der Waals surface area contributed by atoms with E-state index in [-0.39, 0.29) is 0 Å². The Morgan fingerprint density at radius 3 is 2.60 bits per heavy atom. The van der Waals surface area contributed by atoms with Crippen molar-refractivity contribution < 1.29 is 4.21 Å². The molecule has 1 aromatic carbocycles. The van der Waals surface area contributed by atoms with Crippen LogP contribution in [0.4, 0.5) is 0 Å². The van der Waals surface area contributed by atoms with Crippen molar-refractivity contribution in [2.45, 2.75) is 31.2 Å². The number of rotatable bonds is 6. The average molecular weight is 225 g/mol. The number of hydrogen-bond acceptors (Lipinski definition) is 2. The van der Waals surface area contributed by atoms with Gasteiger partial charge in [-0.3, -0.25) is 4.21 Å². The molecule has 0 fully saturated rings. The highest BCUT2D eigenvalue weighted by Crippen LogP contribution is 2.04. The molecule has 84 valence electrons. The van der Waals surface area contributed by atoms with Gasteiger partial charge >= 0.3 is 0 Å². The summed E-state index contributed by atoms with van der Waals surface area (Å²) in [4.78, 5) is 0.920. The van der Waals surface area contributed by atoms with Gasteiger partial charge in [-0.2, -0.15) is 0 Å². The molecule has 2 unspecified atom stereocenters. The van der Waals surface area contributed by atoms with Gasteiger partial charge in [0.15, 0.2) is 0 Å². The van der Waals surface area contributed by atoms with Crippen LogP contribution >= 0.6 is 0 Å². The summed E-state index contributed by atoms with van der Waals surface area (Å²) in [6.07, 6.45) is 1.11. The summed E-state index contributed by atoms with van der Waals surface area (Å²) in [6.45, 7) is 5.10. The molecule has 0 saturated carbocycles. The summed E-state index contributed by atoms with van der Waals surface area (Å²) in [7, 11) is -0.864. The second-order valence-corrected chi connectivity index (χ2v) is 5.20. The molecular weight excluding hydrogens is 206 g/mol. The smallest absolute Gasteiger partial charge is 0.0542 e. The minimum Gasteiger partial charge on any atom is -0.313 e. The Balaban J connectivity index is 2.31. The highest BCUT2D eigenvalue weighted by Gasteiger charge is 2.03. The molecule has 0 amide bonds. The lowest BCUT2D eigenvalue weighted by atomic mass is 10.3. The first kappa shape index (κ1) is 12.4. The minimum absolute atomic E-state index is 0.512. The third-order valence-electron chi connectivity index (χ3n) is 2.40. The molecule has 2 nitrogen and oxygen atoms in total. The van der Waals surface area contributed by atoms with E-state index in [1.807, 2.05) is 30.3 Å². The van der Waals surface area contributed by atoms with Gasteiger partial charge in [-0.05, 0) is 25.5 Å². The highest BCUT2D eigenvalue weighted by molar-refractivity contribution is 7.85. The van der Waals surface area contributed by atoms with E-state index in [9.17, 15) is 4.21 Å². The van der Waals surface area contributed by atoms with Crippen LogP contribution in [0.2, 0.25) is 0 Å². The van der Waals surface area contributed by atoms with E-state index < -0.39 is 10.8 Å². The molecule has 1 N–H and O–H groups in total. The van der Waals surface area contributed by atoms with Gasteiger partial charge in [0.25, 0.3) is 0 Å². The summed E-state index contributed by atoms with van der Waals surface area (Å²) in [5, 5.41) is 3.34. The van der Waals surface area contributed by atoms with Gasteiger partial charge in [-0.1, -0.05) is 25.1 Å². The Morgan fingerprint density at radius 1 is 1.33 bits per heavy atom. The summed E-state index contributed by atoms with van der Waals surface area (Å²) in [6, 6.07) is 10.1. The van der Waals surface area contributed by atoms with Crippen LogP contribution in [0.3, 0.4) is 0 Å². The molecule has 0 aliphatic heterocycles. The van der Waals surface area contributed by atoms with E-state index in [0.29, 0.717) is 11.8 Å². The highest BCUT2D eigenvalue weighted by atomic mass is 32.2. The third-order valence-corrected chi connectivity index (χ3v) is 3.77. The summed E-state index contributed by atoms with van der Waals surface area (Å²) in [5.74, 6) is 0.689. The molecule has 0 heterocycles. The van der Waals surface area contributed by atoms with Crippen LogP contribution in [0.5, 0.6) is 0 Å². The maximum absolute atomic E-state index is 11.8. The Labute approximate surface area is 94.5 Å². The summed E-state index contributed by atoms with van der Waals surface area (Å²) in [5.41, 5.74) is 0. The number of benzene rings is 1. The fourth-order valence-corrected chi connectivity index (χ4v) is 2.23. The normalized spacial score (nSPS) is 14.8. The van der Waals surface area contributed by atoms with Gasteiger partial charge in [-0.15, -0.1) is 0 Å². The van der Waals surface area contributed by atoms with Crippen molar-refractivity contribution >= 4 is 10.8 Å². The third kappa shape index (κ3) is 4.58. The zero-order valence-electron chi connectivity index (χ0n) is 9.40. The Kier molecular flexibility index (Phi) is 5.58. The van der Waals surface area contributed by atoms with Crippen LogP contribution in [-0.2, 0) is 10.8 Å². The largest absolute Gasteiger partial charge is 0.313 e. The molecule has 15 heavy (non-hydrogen) atoms. The molecule has 0 aliphatic carbocycles. The lowest BCUT2D eigenvalue weighted by Gasteiger charge is -2.10. The fourth-order valence-electron chi connectivity index (χ4n) is 1.23. The Hall–Kier alpha value is -0.670. The van der Waals surface area contributed by atoms with E-state index in [0.717, 1.165) is 17.9 Å². The molecule has 2 atom stereocenters. The predicted molar refractivity (Wildman–Crippen MR) is 65.5 cm³/mol. The maximum atomic E-state index is 11.8. The Morgan fingerprint density at radius 2 is 2.00 bits per heavy atom. The van der Waals surface area contributed by atoms with Gasteiger partial charge in [0.2, 0.25) is 0 Å². The Bertz CT molecular complexity index is 300. The zero-order valence-corrected chi connectivity index (χ0v) is 10.2. The molecule has 0 aromatic heterocycles. The van der Waals surface area contributed by atoms with Crippen molar-refractivity contribution in [2.24, 2.45) is 0 Å². The molecule has 0 spiro atoms. The van der Waals surface area contributed by atoms with E-state index in [2.05, 4.69) is 19.2 Å². The molecule has 1 rings (SSSR count). The van der Waals surface area contributed by atoms with Gasteiger partial charge in [0.05, 0.1) is 10.8 Å². The lowest BCUT2D eigenvalue weighted by molar-refractivity contribution is 0.553. The molecule has 1 aromatic rings. The molecule has 3 heteroatoms. The molecule has 0 saturated heterocycles. The second-order valence-electron chi connectivity index (χ2n) is 3.63. The first-order valence-electron chi connectivity index (χ1n) is 5.41. The van der Waals surface area contributed by atoms with E-state index in [1.54, 1.807) is 0 Å². The van der Waals surface area contributed by atoms with Crippen molar-refractivity contribution in [2.75, 3.05) is 12.3 Å². The van der Waals surface area contributed by atoms with Crippen molar-refractivity contribution in [3.8, 4) is 0 Å². The molecule has 0 radical (unpaired) electrons. The van der Waals surface area contributed by atoms with Gasteiger partial charge in [0, 0.05) is 23.2 Å². The monoisotopic (exact) mass is 225 g/mol. The van der Waals surface area contributed by atoms with Crippen molar-refractivity contribution in [3.05, 3.63) is 30.3 Å². The van der Waals surface area contributed by atoms with Gasteiger partial charge in [0.1, 0.15) is 0 Å². The fraction of sp³-hybridized carbons (Fsp3) is 0.500. The van der Waals surface area contributed by atoms with Crippen LogP contribution in [-0.4, -0.2) is 22.5 Å². The van der Waals surface area contributed by atoms with E-state index in [1.165, 1.54) is 0 Å². The summed E-state index contributed by atoms with van der Waals surface area (Å²) < 4.78 is 11.8. The van der Waals surface area contributed by atoms with Gasteiger partial charge < -0.3 is 5.32 Å². The maximum Gasteiger partial charge on any atom is 0.0542 e. The van der Waals surface area contributed by atoms with Crippen molar-refractivity contribution in [1.82, 2.24) is 5.32 Å². The van der Waals surface area contributed by atoms with Gasteiger partial charge in [-0.25, -0.2) is 0 Å². The van der Waals surface area contributed by atoms with Crippen LogP contribution < -0.4 is 5.32 Å². The topological polar surface area (TPSA) is 29.1 Å². The van der Waals surface area contributed by atoms with E-state index in [4.69, 9.17) is 0 Å². The number of nitrogens with one attached hydrogen (secondary N) is 1. The average Bonchev–Trinajstić information content (AvgIpc) is 2.29. The minimum atomic E-state index is -0.864. The van der Waals surface area contributed by atoms with Crippen LogP contribution in [0, 0.1) is 0 Å². The number of hydrogen-bond donors (Lipinski definition) is 1. The zero-order chi connectivity index (χ0) is 11.1. The summed E-state index contributed by atoms with van der Waals surface area (Å²) >= 11 is 0. The van der Waals surface area contributed by atoms with Crippen LogP contribution in [0.1, 0.15) is 20.3 Å². The standard InChI is InChI=1S/C12H19NOS/c1-3-11(2)13-9-10-15(14)12-7-5-4-6-8-12/h4-8,11,13H,3,9-10H2,1-2H3. The molecule has 0 aliphatic rings. The SMILES string of the molecule is CCC(C)NCCS(=O)c1ccccc1. The lowest BCUT2D eigenvalue weighted by Crippen LogP contribution is -2.29. The quantitative estimate of drug-likeness (QED) is 0.804. The molecular formula is C12H19NOS.